The quantitative estimate of drug-likeness (QED) is 0.619. The Hall–Kier alpha value is -3.04. The molecule has 0 saturated heterocycles. The average Bonchev–Trinajstić information content (AvgIpc) is 3.17. The van der Waals surface area contributed by atoms with Crippen LogP contribution in [0.5, 0.6) is 0 Å². The SMILES string of the molecule is CCN(CC)S(=O)(=O)c1cccc(C(=O)Nc2n[nH]c(-c3ccc(C)cc3)n2)c1. The molecule has 152 valence electrons. The fourth-order valence-electron chi connectivity index (χ4n) is 2.84. The van der Waals surface area contributed by atoms with E-state index in [2.05, 4.69) is 20.5 Å². The van der Waals surface area contributed by atoms with Gasteiger partial charge in [0.05, 0.1) is 4.90 Å². The third-order valence-corrected chi connectivity index (χ3v) is 6.52. The van der Waals surface area contributed by atoms with Crippen molar-refractivity contribution in [2.45, 2.75) is 25.7 Å². The lowest BCUT2D eigenvalue weighted by Crippen LogP contribution is -2.30. The summed E-state index contributed by atoms with van der Waals surface area (Å²) in [5.41, 5.74) is 2.18. The molecular weight excluding hydrogens is 390 g/mol. The number of anilines is 1. The van der Waals surface area contributed by atoms with Gasteiger partial charge in [0.2, 0.25) is 16.0 Å². The van der Waals surface area contributed by atoms with Crippen molar-refractivity contribution >= 4 is 21.9 Å². The number of sulfonamides is 1. The molecule has 3 aromatic rings. The summed E-state index contributed by atoms with van der Waals surface area (Å²) in [6.45, 7) is 6.24. The molecule has 9 heteroatoms. The minimum atomic E-state index is -3.65. The van der Waals surface area contributed by atoms with Crippen LogP contribution in [0.25, 0.3) is 11.4 Å². The Labute approximate surface area is 170 Å². The highest BCUT2D eigenvalue weighted by Gasteiger charge is 2.22. The van der Waals surface area contributed by atoms with Crippen molar-refractivity contribution in [2.24, 2.45) is 0 Å². The van der Waals surface area contributed by atoms with Crippen LogP contribution >= 0.6 is 0 Å². The van der Waals surface area contributed by atoms with Crippen molar-refractivity contribution in [1.82, 2.24) is 19.5 Å². The molecule has 1 aromatic heterocycles. The fraction of sp³-hybridized carbons (Fsp3) is 0.250. The third-order valence-electron chi connectivity index (χ3n) is 4.48. The molecule has 3 rings (SSSR count). The Bertz CT molecular complexity index is 1100. The highest BCUT2D eigenvalue weighted by atomic mass is 32.2. The molecule has 0 fully saturated rings. The lowest BCUT2D eigenvalue weighted by atomic mass is 10.1. The third kappa shape index (κ3) is 4.52. The number of hydrogen-bond acceptors (Lipinski definition) is 5. The van der Waals surface area contributed by atoms with Crippen LogP contribution < -0.4 is 5.32 Å². The molecule has 0 aliphatic carbocycles. The molecule has 2 aromatic carbocycles. The highest BCUT2D eigenvalue weighted by molar-refractivity contribution is 7.89. The van der Waals surface area contributed by atoms with E-state index in [1.54, 1.807) is 26.0 Å². The number of nitrogens with one attached hydrogen (secondary N) is 2. The summed E-state index contributed by atoms with van der Waals surface area (Å²) in [6, 6.07) is 13.6. The van der Waals surface area contributed by atoms with E-state index in [0.717, 1.165) is 11.1 Å². The predicted octanol–water partition coefficient (Wildman–Crippen LogP) is 3.06. The maximum atomic E-state index is 12.7. The molecular formula is C20H23N5O3S. The van der Waals surface area contributed by atoms with Crippen LogP contribution in [0.15, 0.2) is 53.4 Å². The molecule has 0 unspecified atom stereocenters. The molecule has 0 atom stereocenters. The molecule has 1 amide bonds. The van der Waals surface area contributed by atoms with Crippen molar-refractivity contribution in [3.05, 3.63) is 59.7 Å². The summed E-state index contributed by atoms with van der Waals surface area (Å²) >= 11 is 0. The number of amides is 1. The first-order chi connectivity index (χ1) is 13.8. The van der Waals surface area contributed by atoms with Crippen molar-refractivity contribution in [3.63, 3.8) is 0 Å². The molecule has 1 heterocycles. The number of aromatic amines is 1. The van der Waals surface area contributed by atoms with Gasteiger partial charge < -0.3 is 0 Å². The van der Waals surface area contributed by atoms with Gasteiger partial charge in [0.15, 0.2) is 5.82 Å². The van der Waals surface area contributed by atoms with Gasteiger partial charge >= 0.3 is 0 Å². The lowest BCUT2D eigenvalue weighted by Gasteiger charge is -2.18. The number of hydrogen-bond donors (Lipinski definition) is 2. The van der Waals surface area contributed by atoms with Crippen LogP contribution in [0.4, 0.5) is 5.95 Å². The van der Waals surface area contributed by atoms with E-state index in [1.165, 1.54) is 16.4 Å². The molecule has 0 saturated carbocycles. The predicted molar refractivity (Wildman–Crippen MR) is 111 cm³/mol. The van der Waals surface area contributed by atoms with E-state index in [1.807, 2.05) is 31.2 Å². The first kappa shape index (κ1) is 20.7. The van der Waals surface area contributed by atoms with Crippen molar-refractivity contribution in [2.75, 3.05) is 18.4 Å². The van der Waals surface area contributed by atoms with E-state index in [0.29, 0.717) is 18.9 Å². The number of nitrogens with zero attached hydrogens (tertiary/aromatic N) is 3. The zero-order valence-corrected chi connectivity index (χ0v) is 17.3. The lowest BCUT2D eigenvalue weighted by molar-refractivity contribution is 0.102. The van der Waals surface area contributed by atoms with Gasteiger partial charge in [-0.2, -0.15) is 9.29 Å². The Kier molecular flexibility index (Phi) is 6.09. The van der Waals surface area contributed by atoms with Gasteiger partial charge in [-0.1, -0.05) is 49.7 Å². The topological polar surface area (TPSA) is 108 Å². The molecule has 2 N–H and O–H groups in total. The molecule has 29 heavy (non-hydrogen) atoms. The van der Waals surface area contributed by atoms with Crippen LogP contribution in [0.3, 0.4) is 0 Å². The van der Waals surface area contributed by atoms with E-state index in [9.17, 15) is 13.2 Å². The van der Waals surface area contributed by atoms with Gasteiger partial charge in [-0.25, -0.2) is 8.42 Å². The van der Waals surface area contributed by atoms with Gasteiger partial charge in [-0.3, -0.25) is 15.2 Å². The first-order valence-electron chi connectivity index (χ1n) is 9.26. The summed E-state index contributed by atoms with van der Waals surface area (Å²) in [6.07, 6.45) is 0. The Morgan fingerprint density at radius 1 is 1.10 bits per heavy atom. The molecule has 8 nitrogen and oxygen atoms in total. The summed E-state index contributed by atoms with van der Waals surface area (Å²) in [5.74, 6) is 0.150. The zero-order chi connectivity index (χ0) is 21.0. The molecule has 0 bridgehead atoms. The van der Waals surface area contributed by atoms with Crippen LogP contribution in [0.2, 0.25) is 0 Å². The normalized spacial score (nSPS) is 11.6. The van der Waals surface area contributed by atoms with E-state index in [4.69, 9.17) is 0 Å². The molecule has 0 radical (unpaired) electrons. The van der Waals surface area contributed by atoms with Crippen molar-refractivity contribution in [3.8, 4) is 11.4 Å². The highest BCUT2D eigenvalue weighted by Crippen LogP contribution is 2.19. The van der Waals surface area contributed by atoms with E-state index in [-0.39, 0.29) is 16.4 Å². The number of aryl methyl sites for hydroxylation is 1. The number of carbonyl (C=O) groups is 1. The van der Waals surface area contributed by atoms with Crippen LogP contribution in [-0.2, 0) is 10.0 Å². The van der Waals surface area contributed by atoms with Crippen LogP contribution in [-0.4, -0.2) is 46.9 Å². The second-order valence-electron chi connectivity index (χ2n) is 6.44. The second kappa shape index (κ2) is 8.54. The largest absolute Gasteiger partial charge is 0.289 e. The minimum absolute atomic E-state index is 0.0733. The molecule has 0 aliphatic rings. The average molecular weight is 414 g/mol. The summed E-state index contributed by atoms with van der Waals surface area (Å²) < 4.78 is 26.7. The number of carbonyl (C=O) groups excluding carboxylic acids is 1. The van der Waals surface area contributed by atoms with Gasteiger partial charge in [-0.05, 0) is 25.1 Å². The summed E-state index contributed by atoms with van der Waals surface area (Å²) in [5, 5.41) is 9.39. The van der Waals surface area contributed by atoms with Gasteiger partial charge in [0.25, 0.3) is 5.91 Å². The number of benzene rings is 2. The van der Waals surface area contributed by atoms with Crippen molar-refractivity contribution < 1.29 is 13.2 Å². The van der Waals surface area contributed by atoms with E-state index < -0.39 is 15.9 Å². The number of aromatic nitrogens is 3. The first-order valence-corrected chi connectivity index (χ1v) is 10.7. The van der Waals surface area contributed by atoms with Gasteiger partial charge in [0, 0.05) is 24.2 Å². The second-order valence-corrected chi connectivity index (χ2v) is 8.38. The van der Waals surface area contributed by atoms with Crippen molar-refractivity contribution in [1.29, 1.82) is 0 Å². The van der Waals surface area contributed by atoms with Gasteiger partial charge in [0.1, 0.15) is 0 Å². The smallest absolute Gasteiger partial charge is 0.258 e. The Morgan fingerprint density at radius 3 is 2.45 bits per heavy atom. The summed E-state index contributed by atoms with van der Waals surface area (Å²) in [7, 11) is -3.65. The molecule has 0 aliphatic heterocycles. The fourth-order valence-corrected chi connectivity index (χ4v) is 4.35. The zero-order valence-electron chi connectivity index (χ0n) is 16.5. The number of H-pyrrole nitrogens is 1. The van der Waals surface area contributed by atoms with Gasteiger partial charge in [-0.15, -0.1) is 5.10 Å². The van der Waals surface area contributed by atoms with Crippen LogP contribution in [0, 0.1) is 6.92 Å². The Morgan fingerprint density at radius 2 is 1.79 bits per heavy atom. The maximum absolute atomic E-state index is 12.7. The Balaban J connectivity index is 1.79. The minimum Gasteiger partial charge on any atom is -0.289 e. The summed E-state index contributed by atoms with van der Waals surface area (Å²) in [4.78, 5) is 16.9. The van der Waals surface area contributed by atoms with Crippen LogP contribution in [0.1, 0.15) is 29.8 Å². The maximum Gasteiger partial charge on any atom is 0.258 e. The number of rotatable bonds is 7. The van der Waals surface area contributed by atoms with E-state index >= 15 is 0 Å². The molecule has 0 spiro atoms. The monoisotopic (exact) mass is 413 g/mol. The standard InChI is InChI=1S/C20H23N5O3S/c1-4-25(5-2)29(27,28)17-8-6-7-16(13-17)19(26)22-20-21-18(23-24-20)15-11-9-14(3)10-12-15/h6-13H,4-5H2,1-3H3,(H2,21,22,23,24,26).